The maximum Gasteiger partial charge on any atom is 0.270 e. The van der Waals surface area contributed by atoms with Crippen LogP contribution in [-0.4, -0.2) is 16.9 Å². The van der Waals surface area contributed by atoms with Crippen LogP contribution in [0.3, 0.4) is 0 Å². The molecule has 0 atom stereocenters. The lowest BCUT2D eigenvalue weighted by atomic mass is 10.1. The van der Waals surface area contributed by atoms with E-state index in [0.29, 0.717) is 15.7 Å². The summed E-state index contributed by atoms with van der Waals surface area (Å²) in [4.78, 5) is 26.8. The summed E-state index contributed by atoms with van der Waals surface area (Å²) in [5.74, 6) is -1.05. The summed E-state index contributed by atoms with van der Waals surface area (Å²) in [6, 6.07) is 8.30. The summed E-state index contributed by atoms with van der Waals surface area (Å²) < 4.78 is 0. The second-order valence-corrected chi connectivity index (χ2v) is 6.84. The number of carbonyl (C=O) groups excluding carboxylic acids is 2. The van der Waals surface area contributed by atoms with Crippen LogP contribution in [0.4, 0.5) is 5.69 Å². The number of amides is 2. The van der Waals surface area contributed by atoms with Gasteiger partial charge in [0, 0.05) is 14.9 Å². The molecule has 0 saturated carbocycles. The van der Waals surface area contributed by atoms with Gasteiger partial charge in [0.1, 0.15) is 5.57 Å². The van der Waals surface area contributed by atoms with Crippen LogP contribution in [-0.2, 0) is 9.59 Å². The van der Waals surface area contributed by atoms with Crippen molar-refractivity contribution >= 4 is 75.4 Å². The molecule has 3 rings (SSSR count). The zero-order chi connectivity index (χ0) is 16.6. The highest BCUT2D eigenvalue weighted by Crippen LogP contribution is 2.28. The minimum atomic E-state index is -0.530. The molecule has 4 nitrogen and oxygen atoms in total. The third kappa shape index (κ3) is 3.30. The van der Waals surface area contributed by atoms with E-state index < -0.39 is 11.8 Å². The Morgan fingerprint density at radius 2 is 1.87 bits per heavy atom. The first-order chi connectivity index (χ1) is 11.0. The lowest BCUT2D eigenvalue weighted by Crippen LogP contribution is -2.54. The maximum absolute atomic E-state index is 12.7. The van der Waals surface area contributed by atoms with Crippen LogP contribution in [0, 0.1) is 0 Å². The predicted octanol–water partition coefficient (Wildman–Crippen LogP) is 3.89. The Hall–Kier alpha value is -1.73. The lowest BCUT2D eigenvalue weighted by Gasteiger charge is -2.29. The molecule has 116 valence electrons. The zero-order valence-electron chi connectivity index (χ0n) is 11.4. The van der Waals surface area contributed by atoms with Crippen molar-refractivity contribution in [3.8, 4) is 0 Å². The first kappa shape index (κ1) is 16.1. The molecule has 1 saturated heterocycles. The largest absolute Gasteiger partial charge is 0.298 e. The van der Waals surface area contributed by atoms with Crippen molar-refractivity contribution in [3.05, 3.63) is 56.2 Å². The van der Waals surface area contributed by atoms with E-state index in [1.54, 1.807) is 18.2 Å². The summed E-state index contributed by atoms with van der Waals surface area (Å²) in [6.07, 6.45) is 1.53. The van der Waals surface area contributed by atoms with Crippen LogP contribution < -0.4 is 10.2 Å². The average molecular weight is 383 g/mol. The van der Waals surface area contributed by atoms with Crippen LogP contribution in [0.25, 0.3) is 6.08 Å². The summed E-state index contributed by atoms with van der Waals surface area (Å²) in [6.45, 7) is 0. The Bertz CT molecular complexity index is 827. The molecule has 0 unspecified atom stereocenters. The smallest absolute Gasteiger partial charge is 0.270 e. The van der Waals surface area contributed by atoms with Crippen LogP contribution in [0.15, 0.2) is 41.3 Å². The van der Waals surface area contributed by atoms with E-state index in [1.165, 1.54) is 22.3 Å². The topological polar surface area (TPSA) is 49.4 Å². The van der Waals surface area contributed by atoms with Gasteiger partial charge < -0.3 is 0 Å². The van der Waals surface area contributed by atoms with Gasteiger partial charge in [-0.15, -0.1) is 11.3 Å². The van der Waals surface area contributed by atoms with Gasteiger partial charge in [-0.3, -0.25) is 19.8 Å². The molecule has 0 bridgehead atoms. The molecule has 1 fully saturated rings. The number of thiophene rings is 1. The molecule has 0 spiro atoms. The summed E-state index contributed by atoms with van der Waals surface area (Å²) in [5, 5.41) is 5.08. The SMILES string of the molecule is O=C1NC(=S)N(c2cc(Cl)cc(Cl)c2)C(=O)/C1=C/c1cccs1. The maximum atomic E-state index is 12.7. The van der Waals surface area contributed by atoms with Crippen LogP contribution in [0.2, 0.25) is 10.0 Å². The monoisotopic (exact) mass is 382 g/mol. The minimum absolute atomic E-state index is 0.00264. The van der Waals surface area contributed by atoms with Crippen molar-refractivity contribution in [1.82, 2.24) is 5.32 Å². The Kier molecular flexibility index (Phi) is 4.50. The fourth-order valence-corrected chi connectivity index (χ4v) is 3.53. The van der Waals surface area contributed by atoms with Crippen molar-refractivity contribution < 1.29 is 9.59 Å². The molecule has 8 heteroatoms. The van der Waals surface area contributed by atoms with Gasteiger partial charge in [-0.2, -0.15) is 0 Å². The van der Waals surface area contributed by atoms with Gasteiger partial charge in [-0.05, 0) is 47.9 Å². The van der Waals surface area contributed by atoms with E-state index in [1.807, 2.05) is 17.5 Å². The molecule has 1 aliphatic rings. The fourth-order valence-electron chi connectivity index (χ4n) is 2.08. The van der Waals surface area contributed by atoms with Crippen LogP contribution in [0.5, 0.6) is 0 Å². The molecule has 2 amide bonds. The molecule has 1 aliphatic heterocycles. The second kappa shape index (κ2) is 6.41. The quantitative estimate of drug-likeness (QED) is 0.486. The zero-order valence-corrected chi connectivity index (χ0v) is 14.5. The van der Waals surface area contributed by atoms with Gasteiger partial charge in [0.05, 0.1) is 5.69 Å². The third-order valence-electron chi connectivity index (χ3n) is 3.04. The van der Waals surface area contributed by atoms with Crippen LogP contribution >= 0.6 is 46.8 Å². The van der Waals surface area contributed by atoms with E-state index in [0.717, 1.165) is 4.88 Å². The molecule has 0 aliphatic carbocycles. The molecule has 1 aromatic carbocycles. The van der Waals surface area contributed by atoms with Gasteiger partial charge in [0.15, 0.2) is 5.11 Å². The van der Waals surface area contributed by atoms with E-state index in [9.17, 15) is 9.59 Å². The summed E-state index contributed by atoms with van der Waals surface area (Å²) in [5.41, 5.74) is 0.395. The van der Waals surface area contributed by atoms with Crippen molar-refractivity contribution in [1.29, 1.82) is 0 Å². The summed E-state index contributed by atoms with van der Waals surface area (Å²) >= 11 is 18.5. The van der Waals surface area contributed by atoms with Crippen molar-refractivity contribution in [3.63, 3.8) is 0 Å². The lowest BCUT2D eigenvalue weighted by molar-refractivity contribution is -0.122. The van der Waals surface area contributed by atoms with Gasteiger partial charge in [-0.1, -0.05) is 29.3 Å². The number of carbonyl (C=O) groups is 2. The standard InChI is InChI=1S/C15H8Cl2N2O2S2/c16-8-4-9(17)6-10(5-8)19-14(21)12(13(20)18-15(19)22)7-11-2-1-3-23-11/h1-7H,(H,18,20,22)/b12-7+. The number of hydrogen-bond donors (Lipinski definition) is 1. The Morgan fingerprint density at radius 1 is 1.17 bits per heavy atom. The summed E-state index contributed by atoms with van der Waals surface area (Å²) in [7, 11) is 0. The number of nitrogens with one attached hydrogen (secondary N) is 1. The molecule has 1 aromatic heterocycles. The van der Waals surface area contributed by atoms with Crippen LogP contribution in [0.1, 0.15) is 4.88 Å². The number of nitrogens with zero attached hydrogens (tertiary/aromatic N) is 1. The average Bonchev–Trinajstić information content (AvgIpc) is 2.95. The van der Waals surface area contributed by atoms with Gasteiger partial charge in [0.2, 0.25) is 0 Å². The predicted molar refractivity (Wildman–Crippen MR) is 97.0 cm³/mol. The normalized spacial score (nSPS) is 16.9. The van der Waals surface area contributed by atoms with E-state index in [-0.39, 0.29) is 10.7 Å². The number of halogens is 2. The first-order valence-electron chi connectivity index (χ1n) is 6.37. The third-order valence-corrected chi connectivity index (χ3v) is 4.58. The first-order valence-corrected chi connectivity index (χ1v) is 8.41. The molecule has 2 aromatic rings. The van der Waals surface area contributed by atoms with E-state index in [2.05, 4.69) is 5.32 Å². The van der Waals surface area contributed by atoms with E-state index >= 15 is 0 Å². The highest BCUT2D eigenvalue weighted by Gasteiger charge is 2.34. The number of hydrogen-bond acceptors (Lipinski definition) is 4. The Morgan fingerprint density at radius 3 is 2.48 bits per heavy atom. The molecular weight excluding hydrogens is 375 g/mol. The number of anilines is 1. The molecular formula is C15H8Cl2N2O2S2. The van der Waals surface area contributed by atoms with Crippen molar-refractivity contribution in [2.45, 2.75) is 0 Å². The van der Waals surface area contributed by atoms with Crippen molar-refractivity contribution in [2.75, 3.05) is 4.90 Å². The number of rotatable bonds is 2. The van der Waals surface area contributed by atoms with Gasteiger partial charge in [0.25, 0.3) is 11.8 Å². The number of thiocarbonyl (C=S) groups is 1. The second-order valence-electron chi connectivity index (χ2n) is 4.60. The molecule has 2 heterocycles. The van der Waals surface area contributed by atoms with Crippen molar-refractivity contribution in [2.24, 2.45) is 0 Å². The molecule has 1 N–H and O–H groups in total. The highest BCUT2D eigenvalue weighted by atomic mass is 35.5. The highest BCUT2D eigenvalue weighted by molar-refractivity contribution is 7.80. The number of benzene rings is 1. The molecule has 0 radical (unpaired) electrons. The fraction of sp³-hybridized carbons (Fsp3) is 0. The van der Waals surface area contributed by atoms with Gasteiger partial charge in [-0.25, -0.2) is 0 Å². The Balaban J connectivity index is 2.05. The minimum Gasteiger partial charge on any atom is -0.298 e. The molecule has 23 heavy (non-hydrogen) atoms. The van der Waals surface area contributed by atoms with E-state index in [4.69, 9.17) is 35.4 Å². The van der Waals surface area contributed by atoms with Gasteiger partial charge >= 0.3 is 0 Å². The Labute approximate surface area is 151 Å².